The quantitative estimate of drug-likeness (QED) is 0.800. The van der Waals surface area contributed by atoms with E-state index in [1.165, 1.54) is 0 Å². The largest absolute Gasteiger partial charge is 0.487 e. The molecule has 120 valence electrons. The van der Waals surface area contributed by atoms with E-state index >= 15 is 0 Å². The summed E-state index contributed by atoms with van der Waals surface area (Å²) in [6.45, 7) is 2.35. The van der Waals surface area contributed by atoms with Gasteiger partial charge in [-0.3, -0.25) is 9.98 Å². The molecule has 1 aromatic heterocycles. The van der Waals surface area contributed by atoms with E-state index in [0.29, 0.717) is 6.61 Å². The Morgan fingerprint density at radius 1 is 1.00 bits per heavy atom. The third-order valence-corrected chi connectivity index (χ3v) is 4.15. The van der Waals surface area contributed by atoms with E-state index in [1.54, 1.807) is 6.20 Å². The van der Waals surface area contributed by atoms with E-state index in [-0.39, 0.29) is 0 Å². The first-order valence-electron chi connectivity index (χ1n) is 8.25. The lowest BCUT2D eigenvalue weighted by molar-refractivity contribution is 0.309. The molecule has 4 nitrogen and oxygen atoms in total. The summed E-state index contributed by atoms with van der Waals surface area (Å²) >= 11 is 0. The van der Waals surface area contributed by atoms with Gasteiger partial charge in [-0.2, -0.15) is 0 Å². The Kier molecular flexibility index (Phi) is 4.11. The fraction of sp³-hybridized carbons (Fsp3) is 0.200. The van der Waals surface area contributed by atoms with Gasteiger partial charge in [0.05, 0.1) is 0 Å². The Morgan fingerprint density at radius 3 is 2.83 bits per heavy atom. The van der Waals surface area contributed by atoms with Gasteiger partial charge in [-0.25, -0.2) is 0 Å². The second-order valence-electron chi connectivity index (χ2n) is 5.79. The topological polar surface area (TPSA) is 46.5 Å². The van der Waals surface area contributed by atoms with Crippen LogP contribution in [0.15, 0.2) is 65.8 Å². The minimum Gasteiger partial charge on any atom is -0.487 e. The van der Waals surface area contributed by atoms with E-state index in [4.69, 9.17) is 4.74 Å². The van der Waals surface area contributed by atoms with Gasteiger partial charge in [-0.1, -0.05) is 42.5 Å². The lowest BCUT2D eigenvalue weighted by Gasteiger charge is -2.18. The van der Waals surface area contributed by atoms with Crippen LogP contribution in [0.3, 0.4) is 0 Å². The molecule has 1 aliphatic heterocycles. The Bertz CT molecular complexity index is 883. The predicted molar refractivity (Wildman–Crippen MR) is 96.5 cm³/mol. The van der Waals surface area contributed by atoms with E-state index in [0.717, 1.165) is 53.1 Å². The zero-order valence-electron chi connectivity index (χ0n) is 13.4. The predicted octanol–water partition coefficient (Wildman–Crippen LogP) is 3.55. The van der Waals surface area contributed by atoms with Crippen LogP contribution in [0.4, 0.5) is 0 Å². The molecular weight excluding hydrogens is 298 g/mol. The molecule has 0 aliphatic carbocycles. The first-order valence-corrected chi connectivity index (χ1v) is 8.25. The van der Waals surface area contributed by atoms with Crippen molar-refractivity contribution in [3.05, 3.63) is 71.9 Å². The van der Waals surface area contributed by atoms with Crippen LogP contribution in [0.2, 0.25) is 0 Å². The van der Waals surface area contributed by atoms with Crippen molar-refractivity contribution in [2.75, 3.05) is 13.1 Å². The number of hydrogen-bond acceptors (Lipinski definition) is 4. The van der Waals surface area contributed by atoms with Crippen molar-refractivity contribution in [2.45, 2.75) is 13.0 Å². The van der Waals surface area contributed by atoms with Crippen molar-refractivity contribution in [3.8, 4) is 5.75 Å². The van der Waals surface area contributed by atoms with Crippen LogP contribution in [0, 0.1) is 0 Å². The van der Waals surface area contributed by atoms with Gasteiger partial charge in [0.1, 0.15) is 23.7 Å². The molecule has 3 aromatic rings. The zero-order valence-corrected chi connectivity index (χ0v) is 13.4. The summed E-state index contributed by atoms with van der Waals surface area (Å²) < 4.78 is 6.09. The minimum atomic E-state index is 0.493. The van der Waals surface area contributed by atoms with E-state index in [2.05, 4.69) is 27.4 Å². The minimum absolute atomic E-state index is 0.493. The number of rotatable bonds is 4. The molecule has 0 saturated carbocycles. The van der Waals surface area contributed by atoms with Gasteiger partial charge in [0.15, 0.2) is 0 Å². The van der Waals surface area contributed by atoms with Crippen LogP contribution in [-0.2, 0) is 6.61 Å². The van der Waals surface area contributed by atoms with Crippen molar-refractivity contribution >= 4 is 16.7 Å². The highest BCUT2D eigenvalue weighted by Gasteiger charge is 2.12. The second kappa shape index (κ2) is 6.71. The molecule has 0 atom stereocenters. The molecule has 0 saturated heterocycles. The van der Waals surface area contributed by atoms with Crippen LogP contribution in [0.5, 0.6) is 5.75 Å². The molecule has 2 aromatic carbocycles. The summed E-state index contributed by atoms with van der Waals surface area (Å²) in [6.07, 6.45) is 2.88. The van der Waals surface area contributed by atoms with Crippen molar-refractivity contribution in [3.63, 3.8) is 0 Å². The van der Waals surface area contributed by atoms with Crippen LogP contribution < -0.4 is 10.1 Å². The zero-order chi connectivity index (χ0) is 16.2. The van der Waals surface area contributed by atoms with Gasteiger partial charge >= 0.3 is 0 Å². The van der Waals surface area contributed by atoms with Crippen molar-refractivity contribution in [1.82, 2.24) is 10.3 Å². The Labute approximate surface area is 141 Å². The van der Waals surface area contributed by atoms with E-state index < -0.39 is 0 Å². The van der Waals surface area contributed by atoms with Crippen LogP contribution in [0.1, 0.15) is 17.5 Å². The fourth-order valence-corrected chi connectivity index (χ4v) is 2.94. The number of nitrogens with one attached hydrogen (secondary N) is 1. The third-order valence-electron chi connectivity index (χ3n) is 4.15. The lowest BCUT2D eigenvalue weighted by atomic mass is 10.1. The number of aliphatic imine (C=N–C) groups is 1. The lowest BCUT2D eigenvalue weighted by Crippen LogP contribution is -2.31. The van der Waals surface area contributed by atoms with Gasteiger partial charge in [0.2, 0.25) is 0 Å². The number of amidine groups is 1. The van der Waals surface area contributed by atoms with Crippen LogP contribution in [-0.4, -0.2) is 23.9 Å². The van der Waals surface area contributed by atoms with E-state index in [9.17, 15) is 0 Å². The SMILES string of the molecule is c1ccc(C2=NCCCN2)c(COc2cccc3cccnc23)c1. The summed E-state index contributed by atoms with van der Waals surface area (Å²) in [6, 6.07) is 18.3. The van der Waals surface area contributed by atoms with Crippen molar-refractivity contribution < 1.29 is 4.74 Å². The van der Waals surface area contributed by atoms with Crippen molar-refractivity contribution in [1.29, 1.82) is 0 Å². The Balaban J connectivity index is 1.61. The standard InChI is InChI=1S/C20H19N3O/c1-2-9-17(20-22-12-5-13-23-20)16(6-1)14-24-18-10-3-7-15-8-4-11-21-19(15)18/h1-4,6-11H,5,12-14H2,(H,22,23). The third kappa shape index (κ3) is 2.95. The van der Waals surface area contributed by atoms with Gasteiger partial charge < -0.3 is 10.1 Å². The summed E-state index contributed by atoms with van der Waals surface area (Å²) in [4.78, 5) is 9.05. The maximum atomic E-state index is 6.09. The molecule has 0 amide bonds. The molecule has 1 N–H and O–H groups in total. The number of para-hydroxylation sites is 1. The van der Waals surface area contributed by atoms with Gasteiger partial charge in [-0.05, 0) is 18.6 Å². The average Bonchev–Trinajstić information content (AvgIpc) is 2.67. The number of hydrogen-bond donors (Lipinski definition) is 1. The Hall–Kier alpha value is -2.88. The summed E-state index contributed by atoms with van der Waals surface area (Å²) in [5.74, 6) is 1.78. The highest BCUT2D eigenvalue weighted by Crippen LogP contribution is 2.24. The highest BCUT2D eigenvalue weighted by molar-refractivity contribution is 6.00. The van der Waals surface area contributed by atoms with Crippen LogP contribution in [0.25, 0.3) is 10.9 Å². The van der Waals surface area contributed by atoms with Crippen LogP contribution >= 0.6 is 0 Å². The summed E-state index contributed by atoms with van der Waals surface area (Å²) in [7, 11) is 0. The summed E-state index contributed by atoms with van der Waals surface area (Å²) in [5, 5.41) is 4.47. The normalized spacial score (nSPS) is 14.1. The second-order valence-corrected chi connectivity index (χ2v) is 5.79. The number of benzene rings is 2. The highest BCUT2D eigenvalue weighted by atomic mass is 16.5. The molecule has 0 bridgehead atoms. The number of ether oxygens (including phenoxy) is 1. The molecule has 1 aliphatic rings. The van der Waals surface area contributed by atoms with Crippen molar-refractivity contribution in [2.24, 2.45) is 4.99 Å². The number of fused-ring (bicyclic) bond motifs is 1. The fourth-order valence-electron chi connectivity index (χ4n) is 2.94. The molecular formula is C20H19N3O. The summed E-state index contributed by atoms with van der Waals surface area (Å²) in [5.41, 5.74) is 3.13. The first kappa shape index (κ1) is 14.7. The maximum Gasteiger partial charge on any atom is 0.146 e. The molecule has 0 unspecified atom stereocenters. The molecule has 2 heterocycles. The number of pyridine rings is 1. The van der Waals surface area contributed by atoms with E-state index in [1.807, 2.05) is 42.5 Å². The average molecular weight is 317 g/mol. The first-order chi connectivity index (χ1) is 11.9. The molecule has 0 spiro atoms. The molecule has 0 radical (unpaired) electrons. The number of nitrogens with zero attached hydrogens (tertiary/aromatic N) is 2. The Morgan fingerprint density at radius 2 is 1.92 bits per heavy atom. The van der Waals surface area contributed by atoms with Gasteiger partial charge in [-0.15, -0.1) is 0 Å². The maximum absolute atomic E-state index is 6.09. The molecule has 4 rings (SSSR count). The molecule has 0 fully saturated rings. The molecule has 4 heteroatoms. The smallest absolute Gasteiger partial charge is 0.146 e. The van der Waals surface area contributed by atoms with Gasteiger partial charge in [0.25, 0.3) is 0 Å². The monoisotopic (exact) mass is 317 g/mol. The van der Waals surface area contributed by atoms with Gasteiger partial charge in [0, 0.05) is 35.8 Å². The number of aromatic nitrogens is 1. The molecule has 24 heavy (non-hydrogen) atoms.